The minimum atomic E-state index is -1.04. The van der Waals surface area contributed by atoms with E-state index in [2.05, 4.69) is 11.9 Å². The van der Waals surface area contributed by atoms with Gasteiger partial charge in [0.15, 0.2) is 0 Å². The van der Waals surface area contributed by atoms with Crippen LogP contribution in [0.5, 0.6) is 0 Å². The van der Waals surface area contributed by atoms with E-state index in [1.54, 1.807) is 0 Å². The summed E-state index contributed by atoms with van der Waals surface area (Å²) >= 11 is 0. The minimum Gasteiger partial charge on any atom is -0.862 e. The molecule has 0 aromatic heterocycles. The summed E-state index contributed by atoms with van der Waals surface area (Å²) in [6.45, 7) is 1.83. The van der Waals surface area contributed by atoms with Gasteiger partial charge in [0.2, 0.25) is 0 Å². The second kappa shape index (κ2) is 17.6. The Balaban J connectivity index is 0. The van der Waals surface area contributed by atoms with Crippen molar-refractivity contribution in [3.05, 3.63) is 0 Å². The van der Waals surface area contributed by atoms with Gasteiger partial charge >= 0.3 is 57.4 Å². The number of nitrogens with zero attached hydrogens (tertiary/aromatic N) is 1. The van der Waals surface area contributed by atoms with Crippen LogP contribution in [0.15, 0.2) is 4.99 Å². The fraction of sp³-hybridized carbons (Fsp3) is 0.867. The van der Waals surface area contributed by atoms with Crippen molar-refractivity contribution in [3.63, 3.8) is 0 Å². The molecule has 0 saturated carbocycles. The van der Waals surface area contributed by atoms with Crippen LogP contribution in [-0.4, -0.2) is 23.5 Å². The summed E-state index contributed by atoms with van der Waals surface area (Å²) in [6, 6.07) is 0. The summed E-state index contributed by atoms with van der Waals surface area (Å²) < 4.78 is 0. The Kier molecular flexibility index (Phi) is 20.1. The van der Waals surface area contributed by atoms with E-state index < -0.39 is 12.5 Å². The Bertz CT molecular complexity index is 258. The van der Waals surface area contributed by atoms with Crippen molar-refractivity contribution in [2.75, 3.05) is 6.54 Å². The Hall–Kier alpha value is 0.576. The number of aliphatic carboxylic acids is 1. The normalized spacial score (nSPS) is 11.2. The molecule has 0 rings (SSSR count). The van der Waals surface area contributed by atoms with Crippen LogP contribution in [0.4, 0.5) is 0 Å². The van der Waals surface area contributed by atoms with E-state index in [4.69, 9.17) is 5.11 Å². The molecule has 0 aromatic rings. The van der Waals surface area contributed by atoms with Crippen LogP contribution < -0.4 is 56.5 Å². The van der Waals surface area contributed by atoms with Crippen LogP contribution in [0.25, 0.3) is 0 Å². The van der Waals surface area contributed by atoms with E-state index in [1.807, 2.05) is 0 Å². The van der Waals surface area contributed by atoms with Gasteiger partial charge < -0.3 is 10.2 Å². The van der Waals surface area contributed by atoms with Gasteiger partial charge in [-0.05, 0) is 18.7 Å². The predicted octanol–water partition coefficient (Wildman–Crippen LogP) is 0.145. The first-order valence-corrected chi connectivity index (χ1v) is 7.59. The summed E-state index contributed by atoms with van der Waals surface area (Å²) in [5.74, 6) is -1.32. The third-order valence-electron chi connectivity index (χ3n) is 3.13. The van der Waals surface area contributed by atoms with Crippen molar-refractivity contribution in [1.29, 1.82) is 0 Å². The molecular weight excluding hydrogens is 281 g/mol. The van der Waals surface area contributed by atoms with Crippen LogP contribution in [0.3, 0.4) is 0 Å². The van der Waals surface area contributed by atoms with Crippen LogP contribution >= 0.6 is 0 Å². The summed E-state index contributed by atoms with van der Waals surface area (Å²) in [6.07, 6.45) is 12.6. The summed E-state index contributed by atoms with van der Waals surface area (Å²) in [7, 11) is 0. The molecule has 1 N–H and O–H groups in total. The maximum Gasteiger partial charge on any atom is 1.00 e. The molecule has 0 aliphatic heterocycles. The number of unbranched alkanes of at least 4 members (excludes halogenated alkanes) is 9. The van der Waals surface area contributed by atoms with E-state index in [0.29, 0.717) is 6.42 Å². The van der Waals surface area contributed by atoms with Crippen LogP contribution in [0, 0.1) is 0 Å². The predicted molar refractivity (Wildman–Crippen MR) is 76.4 cm³/mol. The zero-order valence-electron chi connectivity index (χ0n) is 13.2. The molecule has 4 nitrogen and oxygen atoms in total. The van der Waals surface area contributed by atoms with Crippen LogP contribution in [-0.2, 0) is 4.79 Å². The second-order valence-electron chi connectivity index (χ2n) is 5.04. The molecule has 0 atom stereocenters. The Morgan fingerprint density at radius 1 is 0.950 bits per heavy atom. The van der Waals surface area contributed by atoms with Gasteiger partial charge in [0, 0.05) is 0 Å². The van der Waals surface area contributed by atoms with Gasteiger partial charge in [-0.25, -0.2) is 0 Å². The van der Waals surface area contributed by atoms with Gasteiger partial charge in [0.25, 0.3) is 0 Å². The number of hydrogen-bond donors (Lipinski definition) is 1. The second-order valence-corrected chi connectivity index (χ2v) is 5.04. The minimum absolute atomic E-state index is 0. The first-order chi connectivity index (χ1) is 9.16. The van der Waals surface area contributed by atoms with Gasteiger partial charge in [-0.3, -0.25) is 9.79 Å². The number of hydrogen-bond acceptors (Lipinski definition) is 3. The SMILES string of the molecule is CCCCCCCCCCCCC([O-])=NCC(=O)O.[K+]. The molecule has 0 saturated heterocycles. The molecule has 0 fully saturated rings. The first-order valence-electron chi connectivity index (χ1n) is 7.59. The van der Waals surface area contributed by atoms with Gasteiger partial charge in [-0.2, -0.15) is 0 Å². The Morgan fingerprint density at radius 2 is 1.40 bits per heavy atom. The molecule has 0 unspecified atom stereocenters. The first kappa shape index (κ1) is 22.9. The van der Waals surface area contributed by atoms with Gasteiger partial charge in [-0.15, -0.1) is 0 Å². The Labute approximate surface area is 165 Å². The largest absolute Gasteiger partial charge is 1.00 e. The molecule has 0 radical (unpaired) electrons. The molecule has 0 heterocycles. The molecule has 0 bridgehead atoms. The molecular formula is C15H28KNO3. The number of carboxylic acid groups (broad SMARTS) is 1. The summed E-state index contributed by atoms with van der Waals surface area (Å²) in [5.41, 5.74) is 0. The third-order valence-corrected chi connectivity index (χ3v) is 3.13. The summed E-state index contributed by atoms with van der Waals surface area (Å²) in [5, 5.41) is 19.5. The van der Waals surface area contributed by atoms with E-state index >= 15 is 0 Å². The van der Waals surface area contributed by atoms with Gasteiger partial charge in [0.1, 0.15) is 6.54 Å². The van der Waals surface area contributed by atoms with Crippen LogP contribution in [0.2, 0.25) is 0 Å². The molecule has 0 spiro atoms. The average molecular weight is 309 g/mol. The van der Waals surface area contributed by atoms with E-state index in [-0.39, 0.29) is 57.3 Å². The standard InChI is InChI=1S/C15H29NO3.K/c1-2-3-4-5-6-7-8-9-10-11-12-14(17)16-13-15(18)19;/h2-13H2,1H3,(H,16,17)(H,18,19);/q;+1/p-1. The topological polar surface area (TPSA) is 72.7 Å². The molecule has 0 aliphatic carbocycles. The number of aliphatic imine (C=N–C) groups is 1. The zero-order valence-corrected chi connectivity index (χ0v) is 16.3. The van der Waals surface area contributed by atoms with Crippen molar-refractivity contribution >= 4 is 11.9 Å². The third kappa shape index (κ3) is 18.6. The van der Waals surface area contributed by atoms with E-state index in [1.165, 1.54) is 51.4 Å². The quantitative estimate of drug-likeness (QED) is 0.228. The van der Waals surface area contributed by atoms with E-state index in [0.717, 1.165) is 12.8 Å². The Morgan fingerprint density at radius 3 is 1.85 bits per heavy atom. The fourth-order valence-corrected chi connectivity index (χ4v) is 2.00. The fourth-order valence-electron chi connectivity index (χ4n) is 2.00. The molecule has 0 aliphatic rings. The molecule has 20 heavy (non-hydrogen) atoms. The van der Waals surface area contributed by atoms with Gasteiger partial charge in [-0.1, -0.05) is 64.7 Å². The monoisotopic (exact) mass is 309 g/mol. The average Bonchev–Trinajstić information content (AvgIpc) is 2.38. The van der Waals surface area contributed by atoms with E-state index in [9.17, 15) is 9.90 Å². The maximum atomic E-state index is 11.2. The maximum absolute atomic E-state index is 11.2. The van der Waals surface area contributed by atoms with Crippen molar-refractivity contribution in [1.82, 2.24) is 0 Å². The van der Waals surface area contributed by atoms with Crippen molar-refractivity contribution < 1.29 is 66.4 Å². The van der Waals surface area contributed by atoms with Crippen LogP contribution in [0.1, 0.15) is 77.6 Å². The number of carbonyl (C=O) groups is 1. The number of carboxylic acids is 1. The van der Waals surface area contributed by atoms with Crippen molar-refractivity contribution in [3.8, 4) is 0 Å². The molecule has 0 aromatic carbocycles. The molecule has 5 heteroatoms. The van der Waals surface area contributed by atoms with Crippen molar-refractivity contribution in [2.45, 2.75) is 77.6 Å². The zero-order chi connectivity index (χ0) is 14.3. The molecule has 112 valence electrons. The molecule has 0 amide bonds. The van der Waals surface area contributed by atoms with Crippen molar-refractivity contribution in [2.24, 2.45) is 4.99 Å². The van der Waals surface area contributed by atoms with Gasteiger partial charge in [0.05, 0.1) is 0 Å². The number of rotatable bonds is 13. The smallest absolute Gasteiger partial charge is 0.862 e. The summed E-state index contributed by atoms with van der Waals surface area (Å²) in [4.78, 5) is 13.7.